The number of carbonyl (C=O) groups excluding carboxylic acids is 15. The summed E-state index contributed by atoms with van der Waals surface area (Å²) in [6.45, 7) is 0. The lowest BCUT2D eigenvalue weighted by atomic mass is 10.2. The fourth-order valence-electron chi connectivity index (χ4n) is 3.69. The molecule has 3 unspecified atom stereocenters. The first-order valence-corrected chi connectivity index (χ1v) is 23.5. The Bertz CT molecular complexity index is 1790. The van der Waals surface area contributed by atoms with Crippen LogP contribution in [0, 0.1) is 0 Å². The molecule has 0 aromatic rings. The molecule has 0 aromatic carbocycles. The highest BCUT2D eigenvalue weighted by Gasteiger charge is 2.20. The predicted octanol–water partition coefficient (Wildman–Crippen LogP) is -0.631. The van der Waals surface area contributed by atoms with E-state index in [1.54, 1.807) is 0 Å². The Morgan fingerprint density at radius 1 is 0.301 bits per heavy atom. The van der Waals surface area contributed by atoms with Crippen molar-refractivity contribution in [2.75, 3.05) is 114 Å². The maximum absolute atomic E-state index is 10.7. The number of rotatable bonds is 24. The normalized spacial score (nSPS) is 10.1. The summed E-state index contributed by atoms with van der Waals surface area (Å²) in [4.78, 5) is 157. The largest absolute Gasteiger partial charge is 0.507 e. The van der Waals surface area contributed by atoms with Crippen LogP contribution in [-0.4, -0.2) is 227 Å². The number of hydrogen-bond donors (Lipinski definition) is 3. The smallest absolute Gasteiger partial charge is 0.469 e. The van der Waals surface area contributed by atoms with Crippen molar-refractivity contribution in [1.82, 2.24) is 0 Å². The van der Waals surface area contributed by atoms with Crippen LogP contribution in [0.3, 0.4) is 0 Å². The third kappa shape index (κ3) is 73.5. The van der Waals surface area contributed by atoms with Crippen LogP contribution in [0.5, 0.6) is 0 Å². The number of aliphatic hydroxyl groups excluding tert-OH is 1. The van der Waals surface area contributed by atoms with E-state index in [9.17, 15) is 71.9 Å². The quantitative estimate of drug-likeness (QED) is 0.0469. The van der Waals surface area contributed by atoms with E-state index >= 15 is 0 Å². The van der Waals surface area contributed by atoms with Crippen LogP contribution < -0.4 is 11.5 Å². The van der Waals surface area contributed by atoms with E-state index in [4.69, 9.17) is 16.6 Å². The fraction of sp³-hybridized carbons (Fsp3) is 0.653. The van der Waals surface area contributed by atoms with Gasteiger partial charge in [0.25, 0.3) is 0 Å². The van der Waals surface area contributed by atoms with Gasteiger partial charge >= 0.3 is 89.7 Å². The van der Waals surface area contributed by atoms with Gasteiger partial charge in [0.05, 0.1) is 139 Å². The molecule has 0 rings (SSSR count). The Morgan fingerprint density at radius 2 is 0.566 bits per heavy atom. The molecule has 5 N–H and O–H groups in total. The predicted molar refractivity (Wildman–Crippen MR) is 279 cm³/mol. The second-order valence-corrected chi connectivity index (χ2v) is 14.0. The minimum Gasteiger partial charge on any atom is -0.469 e. The van der Waals surface area contributed by atoms with Gasteiger partial charge in [0.15, 0.2) is 6.10 Å². The molecule has 0 radical (unpaired) electrons. The molecule has 0 aliphatic rings. The second-order valence-electron chi connectivity index (χ2n) is 14.0. The zero-order valence-electron chi connectivity index (χ0n) is 49.8. The Labute approximate surface area is 480 Å². The van der Waals surface area contributed by atoms with Crippen molar-refractivity contribution in [3.8, 4) is 0 Å². The number of hydrogen-bond acceptors (Lipinski definition) is 34. The number of aliphatic hydroxyl groups is 1. The lowest BCUT2D eigenvalue weighted by Gasteiger charge is -2.07. The van der Waals surface area contributed by atoms with Gasteiger partial charge in [0.1, 0.15) is 12.1 Å². The molecule has 0 bridgehead atoms. The average Bonchev–Trinajstić information content (AvgIpc) is 3.51. The molecule has 0 aliphatic carbocycles. The van der Waals surface area contributed by atoms with Gasteiger partial charge in [-0.2, -0.15) is 0 Å². The number of unbranched alkanes of at least 4 members (excludes halogenated alkanes) is 1. The number of nitrogens with two attached hydrogens (primary N) is 2. The molecule has 0 spiro atoms. The highest BCUT2D eigenvalue weighted by molar-refractivity contribution is 5.91. The van der Waals surface area contributed by atoms with Gasteiger partial charge in [-0.05, 0) is 25.7 Å². The topological polar surface area (TPSA) is 476 Å². The number of ether oxygens (including phenoxy) is 16. The van der Waals surface area contributed by atoms with Crippen LogP contribution in [0.2, 0.25) is 0 Å². The van der Waals surface area contributed by atoms with E-state index in [2.05, 4.69) is 75.8 Å². The van der Waals surface area contributed by atoms with Gasteiger partial charge < -0.3 is 92.4 Å². The monoisotopic (exact) mass is 1210 g/mol. The summed E-state index contributed by atoms with van der Waals surface area (Å²) in [5.41, 5.74) is 10.6. The van der Waals surface area contributed by atoms with E-state index in [0.29, 0.717) is 32.1 Å². The zero-order chi connectivity index (χ0) is 66.3. The van der Waals surface area contributed by atoms with Crippen LogP contribution in [0.25, 0.3) is 0 Å². The van der Waals surface area contributed by atoms with Crippen LogP contribution in [0.4, 0.5) is 4.79 Å². The highest BCUT2D eigenvalue weighted by atomic mass is 16.7. The van der Waals surface area contributed by atoms with Crippen LogP contribution >= 0.6 is 0 Å². The molecule has 482 valence electrons. The van der Waals surface area contributed by atoms with Gasteiger partial charge in [-0.3, -0.25) is 52.7 Å². The van der Waals surface area contributed by atoms with Gasteiger partial charge in [-0.15, -0.1) is 0 Å². The summed E-state index contributed by atoms with van der Waals surface area (Å²) >= 11 is 0. The van der Waals surface area contributed by atoms with E-state index in [1.165, 1.54) is 107 Å². The number of carbonyl (C=O) groups is 15. The average molecular weight is 1210 g/mol. The van der Waals surface area contributed by atoms with Gasteiger partial charge in [-0.1, -0.05) is 0 Å². The lowest BCUT2D eigenvalue weighted by molar-refractivity contribution is -0.156. The van der Waals surface area contributed by atoms with Crippen molar-refractivity contribution in [2.24, 2.45) is 11.5 Å². The van der Waals surface area contributed by atoms with E-state index in [1.807, 2.05) is 0 Å². The van der Waals surface area contributed by atoms with Crippen molar-refractivity contribution in [3.63, 3.8) is 0 Å². The maximum Gasteiger partial charge on any atom is 0.507 e. The summed E-state index contributed by atoms with van der Waals surface area (Å²) in [5.74, 6) is -6.54. The van der Waals surface area contributed by atoms with Gasteiger partial charge in [0, 0.05) is 44.3 Å². The summed E-state index contributed by atoms with van der Waals surface area (Å²) in [5, 5.41) is 8.84. The molecule has 0 saturated carbocycles. The standard InChI is InChI=1S/C8H14O4.C7H13NO4.C7H12O4.C6H11NO4.C6H10O5.C6H10O4.C6H8O4.C3H6O3/c1-11-7(9)5-3-4-6-8(10)12-2;1-11-6(9)4-3-5(8)7(10)12-2;1-10-6(8)4-3-5-7(9)11-2;2*1-10-5(8)3-4(7)6(9)11-2;2*1-9-5(7)3-4-6(8)10-2;1-5-3(4)6-2/h3-6H2,1-2H3;5H,3-4,8H2,1-2H3;3-5H2,1-2H3;4H,3,7H2,1-2H3;4,7H,3H2,1-2H3;3-4H2,1-2H3;3-4H,1-2H3;1-2H3/b;;;;;;4-3+;. The third-order valence-electron chi connectivity index (χ3n) is 8.33. The number of methoxy groups -OCH3 is 16. The number of esters is 14. The van der Waals surface area contributed by atoms with Crippen molar-refractivity contribution in [3.05, 3.63) is 12.2 Å². The Balaban J connectivity index is -0.000000130. The Morgan fingerprint density at radius 3 is 0.831 bits per heavy atom. The lowest BCUT2D eigenvalue weighted by Crippen LogP contribution is -2.34. The van der Waals surface area contributed by atoms with Gasteiger partial charge in [-0.25, -0.2) is 19.2 Å². The highest BCUT2D eigenvalue weighted by Crippen LogP contribution is 2.02. The van der Waals surface area contributed by atoms with Crippen LogP contribution in [-0.2, 0) is 143 Å². The molecule has 34 heteroatoms. The van der Waals surface area contributed by atoms with Crippen LogP contribution in [0.1, 0.15) is 83.5 Å². The third-order valence-corrected chi connectivity index (χ3v) is 8.33. The second kappa shape index (κ2) is 66.0. The zero-order valence-corrected chi connectivity index (χ0v) is 49.8. The maximum atomic E-state index is 10.7. The van der Waals surface area contributed by atoms with E-state index in [-0.39, 0.29) is 81.2 Å². The first-order valence-electron chi connectivity index (χ1n) is 23.5. The fourth-order valence-corrected chi connectivity index (χ4v) is 3.69. The molecular weight excluding hydrogens is 1130 g/mol. The molecular formula is C49H84N2O32. The molecule has 34 nitrogen and oxygen atoms in total. The molecule has 3 atom stereocenters. The molecule has 0 saturated heterocycles. The molecule has 0 heterocycles. The van der Waals surface area contributed by atoms with Crippen molar-refractivity contribution in [1.29, 1.82) is 0 Å². The SMILES string of the molecule is COC(=O)/C=C/C(=O)OC.COC(=O)CC(N)C(=O)OC.COC(=O)CC(O)C(=O)OC.COC(=O)CCC(=O)OC.COC(=O)CCC(N)C(=O)OC.COC(=O)CCCC(=O)OC.COC(=O)CCCCC(=O)OC.COC(=O)OC. The molecule has 0 fully saturated rings. The summed E-state index contributed by atoms with van der Waals surface area (Å²) < 4.78 is 68.4. The molecule has 83 heavy (non-hydrogen) atoms. The Hall–Kier alpha value is -8.53. The van der Waals surface area contributed by atoms with Crippen molar-refractivity contribution < 1.29 is 153 Å². The van der Waals surface area contributed by atoms with E-state index < -0.39 is 78.1 Å². The Kier molecular flexibility index (Phi) is 72.3. The summed E-state index contributed by atoms with van der Waals surface area (Å²) in [7, 11) is 20.1. The molecule has 0 amide bonds. The first-order chi connectivity index (χ1) is 39.0. The summed E-state index contributed by atoms with van der Waals surface area (Å²) in [6, 6.07) is -1.67. The van der Waals surface area contributed by atoms with Crippen LogP contribution in [0.15, 0.2) is 12.2 Å². The van der Waals surface area contributed by atoms with Crippen molar-refractivity contribution >= 4 is 89.7 Å². The first kappa shape index (κ1) is 91.0. The van der Waals surface area contributed by atoms with E-state index in [0.717, 1.165) is 19.3 Å². The van der Waals surface area contributed by atoms with Gasteiger partial charge in [0.2, 0.25) is 0 Å². The molecule has 0 aromatic heterocycles. The minimum atomic E-state index is -1.42. The summed E-state index contributed by atoms with van der Waals surface area (Å²) in [6.07, 6.45) is 3.03. The molecule has 0 aliphatic heterocycles. The van der Waals surface area contributed by atoms with Crippen molar-refractivity contribution in [2.45, 2.75) is 102 Å². The minimum absolute atomic E-state index is 0.0865.